The number of aromatic nitrogens is 2. The molecule has 0 spiro atoms. The highest BCUT2D eigenvalue weighted by Crippen LogP contribution is 2.10. The topological polar surface area (TPSA) is 76.2 Å². The maximum absolute atomic E-state index is 11.4. The second kappa shape index (κ2) is 5.97. The summed E-state index contributed by atoms with van der Waals surface area (Å²) in [6, 6.07) is 0. The van der Waals surface area contributed by atoms with Gasteiger partial charge in [0.15, 0.2) is 0 Å². The molecular weight excluding hydrogens is 230 g/mol. The van der Waals surface area contributed by atoms with Crippen molar-refractivity contribution in [1.29, 1.82) is 0 Å². The number of imidazole rings is 1. The Labute approximate surface area is 108 Å². The summed E-state index contributed by atoms with van der Waals surface area (Å²) in [6.45, 7) is 3.35. The summed E-state index contributed by atoms with van der Waals surface area (Å²) in [5, 5.41) is 2.98. The summed E-state index contributed by atoms with van der Waals surface area (Å²) in [7, 11) is 5.73. The highest BCUT2D eigenvalue weighted by molar-refractivity contribution is 5.84. The maximum atomic E-state index is 11.4. The van der Waals surface area contributed by atoms with E-state index in [0.29, 0.717) is 6.42 Å². The minimum absolute atomic E-state index is 0.324. The van der Waals surface area contributed by atoms with Crippen LogP contribution in [0.5, 0.6) is 0 Å². The second-order valence-electron chi connectivity index (χ2n) is 4.89. The molecule has 1 atom stereocenters. The number of nitrogens with one attached hydrogen (secondary N) is 1. The molecule has 0 aromatic carbocycles. The van der Waals surface area contributed by atoms with Gasteiger partial charge >= 0.3 is 0 Å². The van der Waals surface area contributed by atoms with Crippen LogP contribution in [0.3, 0.4) is 0 Å². The first-order valence-corrected chi connectivity index (χ1v) is 6.02. The molecule has 0 saturated heterocycles. The molecule has 6 heteroatoms. The van der Waals surface area contributed by atoms with Gasteiger partial charge in [-0.15, -0.1) is 0 Å². The molecular formula is C12H23N5O. The van der Waals surface area contributed by atoms with E-state index in [1.807, 2.05) is 31.8 Å². The van der Waals surface area contributed by atoms with Crippen LogP contribution >= 0.6 is 0 Å². The summed E-state index contributed by atoms with van der Waals surface area (Å²) < 4.78 is 1.99. The van der Waals surface area contributed by atoms with Crippen molar-refractivity contribution in [2.24, 2.45) is 12.8 Å². The lowest BCUT2D eigenvalue weighted by atomic mass is 9.97. The summed E-state index contributed by atoms with van der Waals surface area (Å²) >= 11 is 0. The van der Waals surface area contributed by atoms with Gasteiger partial charge in [-0.1, -0.05) is 0 Å². The van der Waals surface area contributed by atoms with Crippen LogP contribution in [0, 0.1) is 0 Å². The van der Waals surface area contributed by atoms with Crippen LogP contribution in [0.1, 0.15) is 19.2 Å². The fraction of sp³-hybridized carbons (Fsp3) is 0.667. The van der Waals surface area contributed by atoms with E-state index >= 15 is 0 Å². The van der Waals surface area contributed by atoms with Gasteiger partial charge in [0.05, 0.1) is 12.1 Å². The van der Waals surface area contributed by atoms with E-state index < -0.39 is 5.54 Å². The number of aryl methyl sites for hydroxylation is 1. The monoisotopic (exact) mass is 253 g/mol. The highest BCUT2D eigenvalue weighted by Gasteiger charge is 2.28. The Morgan fingerprint density at radius 1 is 1.67 bits per heavy atom. The molecule has 0 saturated carbocycles. The van der Waals surface area contributed by atoms with Crippen molar-refractivity contribution in [2.45, 2.75) is 25.4 Å². The third-order valence-electron chi connectivity index (χ3n) is 3.42. The van der Waals surface area contributed by atoms with Crippen molar-refractivity contribution in [3.8, 4) is 0 Å². The molecule has 1 amide bonds. The number of nitrogens with two attached hydrogens (primary N) is 1. The van der Waals surface area contributed by atoms with Crippen LogP contribution < -0.4 is 11.1 Å². The van der Waals surface area contributed by atoms with Crippen LogP contribution in [-0.2, 0) is 18.4 Å². The number of rotatable bonds is 7. The normalized spacial score (nSPS) is 14.7. The molecule has 0 fully saturated rings. The van der Waals surface area contributed by atoms with Gasteiger partial charge in [-0.25, -0.2) is 4.98 Å². The molecule has 1 unspecified atom stereocenters. The molecule has 3 N–H and O–H groups in total. The Kier molecular flexibility index (Phi) is 4.86. The fourth-order valence-corrected chi connectivity index (χ4v) is 1.66. The first-order valence-electron chi connectivity index (χ1n) is 6.02. The van der Waals surface area contributed by atoms with E-state index in [9.17, 15) is 4.79 Å². The Morgan fingerprint density at radius 3 is 2.78 bits per heavy atom. The largest absolute Gasteiger partial charge is 0.368 e. The lowest BCUT2D eigenvalue weighted by molar-refractivity contribution is -0.124. The number of carbonyl (C=O) groups is 1. The summed E-state index contributed by atoms with van der Waals surface area (Å²) in [5.41, 5.74) is 4.73. The van der Waals surface area contributed by atoms with Crippen molar-refractivity contribution in [2.75, 3.05) is 20.6 Å². The first kappa shape index (κ1) is 14.7. The van der Waals surface area contributed by atoms with Crippen LogP contribution in [0.2, 0.25) is 0 Å². The summed E-state index contributed by atoms with van der Waals surface area (Å²) in [6.07, 6.45) is 4.37. The van der Waals surface area contributed by atoms with Crippen molar-refractivity contribution < 1.29 is 4.79 Å². The van der Waals surface area contributed by atoms with Crippen molar-refractivity contribution in [3.05, 3.63) is 18.2 Å². The van der Waals surface area contributed by atoms with Gasteiger partial charge in [0.1, 0.15) is 5.82 Å². The average Bonchev–Trinajstić information content (AvgIpc) is 2.71. The van der Waals surface area contributed by atoms with Gasteiger partial charge in [-0.05, 0) is 27.4 Å². The molecule has 0 radical (unpaired) electrons. The van der Waals surface area contributed by atoms with E-state index in [1.165, 1.54) is 0 Å². The van der Waals surface area contributed by atoms with E-state index in [0.717, 1.165) is 18.9 Å². The van der Waals surface area contributed by atoms with Crippen LogP contribution in [0.15, 0.2) is 12.4 Å². The summed E-state index contributed by atoms with van der Waals surface area (Å²) in [5.74, 6) is 0.679. The molecule has 102 valence electrons. The number of carbonyl (C=O) groups excluding carboxylic acids is 1. The van der Waals surface area contributed by atoms with E-state index in [4.69, 9.17) is 5.73 Å². The molecule has 0 aliphatic rings. The smallest absolute Gasteiger partial charge is 0.237 e. The van der Waals surface area contributed by atoms with Crippen LogP contribution in [0.4, 0.5) is 0 Å². The number of nitrogens with zero attached hydrogens (tertiary/aromatic N) is 3. The van der Waals surface area contributed by atoms with Crippen LogP contribution in [0.25, 0.3) is 0 Å². The van der Waals surface area contributed by atoms with Crippen molar-refractivity contribution >= 4 is 5.91 Å². The van der Waals surface area contributed by atoms with E-state index in [2.05, 4.69) is 15.2 Å². The molecule has 0 bridgehead atoms. The lowest BCUT2D eigenvalue weighted by Crippen LogP contribution is -2.52. The van der Waals surface area contributed by atoms with Gasteiger partial charge in [0.2, 0.25) is 5.91 Å². The zero-order chi connectivity index (χ0) is 13.8. The molecule has 1 rings (SSSR count). The number of primary amides is 1. The van der Waals surface area contributed by atoms with Crippen molar-refractivity contribution in [1.82, 2.24) is 19.8 Å². The Hall–Kier alpha value is -1.40. The third kappa shape index (κ3) is 3.54. The zero-order valence-electron chi connectivity index (χ0n) is 11.6. The minimum atomic E-state index is -0.657. The molecule has 1 heterocycles. The van der Waals surface area contributed by atoms with Crippen LogP contribution in [-0.4, -0.2) is 46.5 Å². The molecule has 1 aromatic heterocycles. The molecule has 18 heavy (non-hydrogen) atoms. The molecule has 0 aliphatic carbocycles. The van der Waals surface area contributed by atoms with E-state index in [-0.39, 0.29) is 5.91 Å². The van der Waals surface area contributed by atoms with Gasteiger partial charge in [0.25, 0.3) is 0 Å². The predicted octanol–water partition coefficient (Wildman–Crippen LogP) is -0.295. The maximum Gasteiger partial charge on any atom is 0.237 e. The number of hydrogen-bond acceptors (Lipinski definition) is 4. The molecule has 1 aromatic rings. The Morgan fingerprint density at radius 2 is 2.33 bits per heavy atom. The predicted molar refractivity (Wildman–Crippen MR) is 70.8 cm³/mol. The standard InChI is InChI=1S/C12H23N5O/c1-12(14-2,11(13)18)5-7-16(3)9-10-15-6-8-17(10)4/h6,8,14H,5,7,9H2,1-4H3,(H2,13,18). The fourth-order valence-electron chi connectivity index (χ4n) is 1.66. The first-order chi connectivity index (χ1) is 8.39. The van der Waals surface area contributed by atoms with Gasteiger partial charge in [-0.3, -0.25) is 9.69 Å². The third-order valence-corrected chi connectivity index (χ3v) is 3.42. The average molecular weight is 253 g/mol. The number of hydrogen-bond donors (Lipinski definition) is 2. The number of amides is 1. The summed E-state index contributed by atoms with van der Waals surface area (Å²) in [4.78, 5) is 17.8. The highest BCUT2D eigenvalue weighted by atomic mass is 16.1. The minimum Gasteiger partial charge on any atom is -0.368 e. The Bertz CT molecular complexity index is 403. The molecule has 0 aliphatic heterocycles. The molecule has 6 nitrogen and oxygen atoms in total. The zero-order valence-corrected chi connectivity index (χ0v) is 11.6. The Balaban J connectivity index is 2.49. The lowest BCUT2D eigenvalue weighted by Gasteiger charge is -2.28. The second-order valence-corrected chi connectivity index (χ2v) is 4.89. The quantitative estimate of drug-likeness (QED) is 0.700. The number of likely N-dealkylation sites (N-methyl/N-ethyl adjacent to an activating group) is 1. The van der Waals surface area contributed by atoms with Gasteiger partial charge < -0.3 is 15.6 Å². The van der Waals surface area contributed by atoms with E-state index in [1.54, 1.807) is 13.2 Å². The SMILES string of the molecule is CNC(C)(CCN(C)Cc1nccn1C)C(N)=O. The van der Waals surface area contributed by atoms with Gasteiger partial charge in [-0.2, -0.15) is 0 Å². The van der Waals surface area contributed by atoms with Gasteiger partial charge in [0, 0.05) is 26.0 Å². The van der Waals surface area contributed by atoms with Crippen molar-refractivity contribution in [3.63, 3.8) is 0 Å².